The van der Waals surface area contributed by atoms with Gasteiger partial charge in [0, 0.05) is 52.2 Å². The fourth-order valence-electron chi connectivity index (χ4n) is 7.19. The summed E-state index contributed by atoms with van der Waals surface area (Å²) in [4.78, 5) is 44.7. The summed E-state index contributed by atoms with van der Waals surface area (Å²) in [7, 11) is 3.34. The first kappa shape index (κ1) is 32.7. The van der Waals surface area contributed by atoms with Gasteiger partial charge in [-0.3, -0.25) is 14.4 Å². The fourth-order valence-corrected chi connectivity index (χ4v) is 7.19. The van der Waals surface area contributed by atoms with Gasteiger partial charge in [0.25, 0.3) is 5.91 Å². The highest BCUT2D eigenvalue weighted by molar-refractivity contribution is 6.04. The van der Waals surface area contributed by atoms with Crippen LogP contribution in [-0.4, -0.2) is 82.5 Å². The standard InChI is InChI=1S/C34H52N4O6/c1-34(2)33(41)37(15-8-16-42-3)29-19-28(13-14-30(29)44-34)38(27-11-12-27)32(40)25-18-24(20-35-21-25)31(39)36-26(22-43-4)17-23-9-6-5-7-10-23/h13-14,19,23-27,35H,5-12,15-18,20-22H2,1-4H3,(H,36,39)/t24-,25+,26+/m0/s1. The summed E-state index contributed by atoms with van der Waals surface area (Å²) in [5, 5.41) is 6.65. The van der Waals surface area contributed by atoms with E-state index < -0.39 is 5.60 Å². The predicted molar refractivity (Wildman–Crippen MR) is 170 cm³/mol. The molecule has 2 heterocycles. The third-order valence-electron chi connectivity index (χ3n) is 9.64. The molecule has 4 aliphatic rings. The van der Waals surface area contributed by atoms with Crippen LogP contribution >= 0.6 is 0 Å². The van der Waals surface area contributed by atoms with Gasteiger partial charge in [0.1, 0.15) is 5.75 Å². The highest BCUT2D eigenvalue weighted by Gasteiger charge is 2.43. The number of piperidine rings is 1. The van der Waals surface area contributed by atoms with E-state index in [1.54, 1.807) is 33.0 Å². The average molecular weight is 613 g/mol. The Morgan fingerprint density at radius 2 is 1.84 bits per heavy atom. The Hall–Kier alpha value is -2.69. The number of carbonyl (C=O) groups is 3. The van der Waals surface area contributed by atoms with Crippen molar-refractivity contribution in [2.24, 2.45) is 17.8 Å². The van der Waals surface area contributed by atoms with Crippen LogP contribution in [0.25, 0.3) is 0 Å². The third kappa shape index (κ3) is 7.74. The summed E-state index contributed by atoms with van der Waals surface area (Å²) >= 11 is 0. The molecule has 3 fully saturated rings. The monoisotopic (exact) mass is 612 g/mol. The summed E-state index contributed by atoms with van der Waals surface area (Å²) in [6, 6.07) is 5.84. The first-order valence-corrected chi connectivity index (χ1v) is 16.7. The lowest BCUT2D eigenvalue weighted by atomic mass is 9.84. The molecule has 2 aliphatic heterocycles. The summed E-state index contributed by atoms with van der Waals surface area (Å²) in [5.41, 5.74) is 0.473. The molecule has 1 saturated heterocycles. The zero-order valence-corrected chi connectivity index (χ0v) is 27.1. The van der Waals surface area contributed by atoms with Gasteiger partial charge >= 0.3 is 0 Å². The predicted octanol–water partition coefficient (Wildman–Crippen LogP) is 4.05. The maximum atomic E-state index is 14.2. The number of hydrogen-bond acceptors (Lipinski definition) is 7. The first-order valence-electron chi connectivity index (χ1n) is 16.7. The van der Waals surface area contributed by atoms with Crippen LogP contribution < -0.4 is 25.2 Å². The van der Waals surface area contributed by atoms with Crippen LogP contribution in [-0.2, 0) is 23.9 Å². The van der Waals surface area contributed by atoms with Crippen molar-refractivity contribution < 1.29 is 28.6 Å². The van der Waals surface area contributed by atoms with Gasteiger partial charge in [-0.25, -0.2) is 0 Å². The SMILES string of the molecule is COCCCN1C(=O)C(C)(C)Oc2ccc(N(C(=O)[C@H]3CNC[C@@H](C(=O)N[C@@H](COC)CC4CCCCC4)C3)C3CC3)cc21. The van der Waals surface area contributed by atoms with E-state index in [0.29, 0.717) is 63.0 Å². The van der Waals surface area contributed by atoms with Gasteiger partial charge in [-0.1, -0.05) is 32.1 Å². The fraction of sp³-hybridized carbons (Fsp3) is 0.735. The molecule has 10 nitrogen and oxygen atoms in total. The summed E-state index contributed by atoms with van der Waals surface area (Å²) in [6.45, 7) is 6.22. The van der Waals surface area contributed by atoms with Gasteiger partial charge in [0.15, 0.2) is 5.60 Å². The highest BCUT2D eigenvalue weighted by Crippen LogP contribution is 2.43. The minimum Gasteiger partial charge on any atom is -0.476 e. The number of rotatable bonds is 13. The molecule has 2 saturated carbocycles. The number of nitrogens with one attached hydrogen (secondary N) is 2. The Balaban J connectivity index is 1.29. The molecule has 0 radical (unpaired) electrons. The second kappa shape index (κ2) is 14.6. The lowest BCUT2D eigenvalue weighted by Crippen LogP contribution is -2.53. The van der Waals surface area contributed by atoms with E-state index in [-0.39, 0.29) is 41.6 Å². The lowest BCUT2D eigenvalue weighted by molar-refractivity contribution is -0.132. The van der Waals surface area contributed by atoms with Gasteiger partial charge in [-0.15, -0.1) is 0 Å². The molecule has 44 heavy (non-hydrogen) atoms. The minimum atomic E-state index is -0.977. The normalized spacial score (nSPS) is 24.3. The minimum absolute atomic E-state index is 0.00425. The van der Waals surface area contributed by atoms with Gasteiger partial charge in [-0.2, -0.15) is 0 Å². The van der Waals surface area contributed by atoms with Crippen LogP contribution in [0.3, 0.4) is 0 Å². The maximum absolute atomic E-state index is 14.2. The molecule has 3 atom stereocenters. The number of hydrogen-bond donors (Lipinski definition) is 2. The smallest absolute Gasteiger partial charge is 0.270 e. The molecule has 0 spiro atoms. The van der Waals surface area contributed by atoms with Crippen LogP contribution in [0.4, 0.5) is 11.4 Å². The van der Waals surface area contributed by atoms with Crippen molar-refractivity contribution in [2.45, 2.75) is 95.7 Å². The van der Waals surface area contributed by atoms with Crippen molar-refractivity contribution in [3.8, 4) is 5.75 Å². The van der Waals surface area contributed by atoms with Crippen molar-refractivity contribution in [1.29, 1.82) is 0 Å². The Bertz CT molecular complexity index is 1160. The van der Waals surface area contributed by atoms with Gasteiger partial charge in [-0.05, 0) is 70.1 Å². The molecule has 0 bridgehead atoms. The van der Waals surface area contributed by atoms with E-state index in [0.717, 1.165) is 24.9 Å². The molecular weight excluding hydrogens is 560 g/mol. The first-order chi connectivity index (χ1) is 21.2. The Labute approximate surface area is 262 Å². The van der Waals surface area contributed by atoms with Crippen LogP contribution in [0.1, 0.15) is 78.1 Å². The largest absolute Gasteiger partial charge is 0.476 e. The molecule has 1 aromatic carbocycles. The average Bonchev–Trinajstić information content (AvgIpc) is 3.85. The highest BCUT2D eigenvalue weighted by atomic mass is 16.5. The molecule has 0 unspecified atom stereocenters. The molecule has 5 rings (SSSR count). The summed E-state index contributed by atoms with van der Waals surface area (Å²) in [6.07, 6.45) is 10.3. The van der Waals surface area contributed by atoms with Crippen LogP contribution in [0, 0.1) is 17.8 Å². The van der Waals surface area contributed by atoms with Crippen LogP contribution in [0.15, 0.2) is 18.2 Å². The second-order valence-corrected chi connectivity index (χ2v) is 13.7. The van der Waals surface area contributed by atoms with Crippen LogP contribution in [0.5, 0.6) is 5.75 Å². The van der Waals surface area contributed by atoms with Gasteiger partial charge in [0.2, 0.25) is 11.8 Å². The van der Waals surface area contributed by atoms with Crippen molar-refractivity contribution in [1.82, 2.24) is 10.6 Å². The molecule has 0 aromatic heterocycles. The molecule has 244 valence electrons. The number of nitrogens with zero attached hydrogens (tertiary/aromatic N) is 2. The third-order valence-corrected chi connectivity index (χ3v) is 9.64. The molecule has 1 aromatic rings. The van der Waals surface area contributed by atoms with E-state index in [4.69, 9.17) is 14.2 Å². The molecular formula is C34H52N4O6. The molecule has 2 aliphatic carbocycles. The van der Waals surface area contributed by atoms with Gasteiger partial charge < -0.3 is 34.6 Å². The zero-order chi connectivity index (χ0) is 31.3. The summed E-state index contributed by atoms with van der Waals surface area (Å²) < 4.78 is 16.8. The van der Waals surface area contributed by atoms with Crippen molar-refractivity contribution in [2.75, 3.05) is 56.9 Å². The van der Waals surface area contributed by atoms with E-state index in [9.17, 15) is 14.4 Å². The number of methoxy groups -OCH3 is 2. The Morgan fingerprint density at radius 1 is 1.09 bits per heavy atom. The number of ether oxygens (including phenoxy) is 3. The van der Waals surface area contributed by atoms with E-state index in [1.165, 1.54) is 32.1 Å². The van der Waals surface area contributed by atoms with Crippen molar-refractivity contribution >= 4 is 29.1 Å². The van der Waals surface area contributed by atoms with Gasteiger partial charge in [0.05, 0.1) is 30.2 Å². The van der Waals surface area contributed by atoms with Crippen LogP contribution in [0.2, 0.25) is 0 Å². The number of benzene rings is 1. The maximum Gasteiger partial charge on any atom is 0.270 e. The Kier molecular flexibility index (Phi) is 10.9. The lowest BCUT2D eigenvalue weighted by Gasteiger charge is -2.40. The number of anilines is 2. The quantitative estimate of drug-likeness (QED) is 0.324. The zero-order valence-electron chi connectivity index (χ0n) is 27.1. The molecule has 2 N–H and O–H groups in total. The number of fused-ring (bicyclic) bond motifs is 1. The molecule has 10 heteroatoms. The van der Waals surface area contributed by atoms with Crippen molar-refractivity contribution in [3.05, 3.63) is 18.2 Å². The number of amides is 3. The topological polar surface area (TPSA) is 109 Å². The second-order valence-electron chi connectivity index (χ2n) is 13.7. The van der Waals surface area contributed by atoms with E-state index in [1.807, 2.05) is 23.1 Å². The van der Waals surface area contributed by atoms with E-state index >= 15 is 0 Å². The summed E-state index contributed by atoms with van der Waals surface area (Å²) in [5.74, 6) is 0.598. The van der Waals surface area contributed by atoms with Crippen molar-refractivity contribution in [3.63, 3.8) is 0 Å². The Morgan fingerprint density at radius 3 is 2.55 bits per heavy atom. The number of carbonyl (C=O) groups excluding carboxylic acids is 3. The molecule has 3 amide bonds. The van der Waals surface area contributed by atoms with E-state index in [2.05, 4.69) is 10.6 Å².